The second kappa shape index (κ2) is 15.2. The molecule has 4 amide bonds. The molecule has 210 valence electrons. The number of benzene rings is 2. The molecular formula is C27H35N5O7. The van der Waals surface area contributed by atoms with Gasteiger partial charge in [0.15, 0.2) is 0 Å². The highest BCUT2D eigenvalue weighted by Crippen LogP contribution is 2.08. The Balaban J connectivity index is 2.24. The molecule has 2 aromatic rings. The molecule has 0 heterocycles. The lowest BCUT2D eigenvalue weighted by molar-refractivity contribution is -0.142. The van der Waals surface area contributed by atoms with Crippen molar-refractivity contribution in [3.05, 3.63) is 71.8 Å². The molecule has 2 rings (SSSR count). The van der Waals surface area contributed by atoms with Crippen LogP contribution >= 0.6 is 0 Å². The van der Waals surface area contributed by atoms with Gasteiger partial charge in [0.25, 0.3) is 0 Å². The summed E-state index contributed by atoms with van der Waals surface area (Å²) >= 11 is 0. The molecule has 5 unspecified atom stereocenters. The van der Waals surface area contributed by atoms with Gasteiger partial charge in [0.1, 0.15) is 24.2 Å². The first-order valence-electron chi connectivity index (χ1n) is 12.4. The summed E-state index contributed by atoms with van der Waals surface area (Å²) in [5.74, 6) is -4.40. The Morgan fingerprint density at radius 3 is 1.64 bits per heavy atom. The van der Waals surface area contributed by atoms with Gasteiger partial charge < -0.3 is 37.6 Å². The van der Waals surface area contributed by atoms with E-state index in [9.17, 15) is 34.2 Å². The molecule has 0 aromatic heterocycles. The molecule has 9 N–H and O–H groups in total. The average Bonchev–Trinajstić information content (AvgIpc) is 2.90. The number of hydrogen-bond acceptors (Lipinski definition) is 7. The second-order valence-electron chi connectivity index (χ2n) is 9.17. The molecule has 12 heteroatoms. The van der Waals surface area contributed by atoms with Gasteiger partial charge in [-0.25, -0.2) is 4.79 Å². The molecule has 2 aromatic carbocycles. The standard InChI is InChI=1S/C27H35N5O7/c1-16(33)23(29)26(37)31-20(14-17-8-4-2-5-9-17)25(36)30-19(12-13-22(28)34)24(35)32-21(27(38)39)15-18-10-6-3-7-11-18/h2-11,16,19-21,23,33H,12-15,29H2,1H3,(H2,28,34)(H,30,36)(H,31,37)(H,32,35)(H,38,39). The summed E-state index contributed by atoms with van der Waals surface area (Å²) in [4.78, 5) is 62.2. The van der Waals surface area contributed by atoms with Crippen LogP contribution in [0.2, 0.25) is 0 Å². The van der Waals surface area contributed by atoms with Crippen LogP contribution in [-0.4, -0.2) is 70.1 Å². The summed E-state index contributed by atoms with van der Waals surface area (Å²) in [5.41, 5.74) is 12.3. The Morgan fingerprint density at radius 2 is 1.18 bits per heavy atom. The maximum atomic E-state index is 13.3. The lowest BCUT2D eigenvalue weighted by Gasteiger charge is -2.25. The summed E-state index contributed by atoms with van der Waals surface area (Å²) < 4.78 is 0. The van der Waals surface area contributed by atoms with E-state index >= 15 is 0 Å². The van der Waals surface area contributed by atoms with Crippen molar-refractivity contribution in [2.45, 2.75) is 62.9 Å². The van der Waals surface area contributed by atoms with Gasteiger partial charge in [-0.05, 0) is 24.5 Å². The zero-order valence-corrected chi connectivity index (χ0v) is 21.6. The fourth-order valence-electron chi connectivity index (χ4n) is 3.70. The highest BCUT2D eigenvalue weighted by molar-refractivity contribution is 5.94. The number of hydrogen-bond donors (Lipinski definition) is 7. The van der Waals surface area contributed by atoms with Crippen LogP contribution < -0.4 is 27.4 Å². The van der Waals surface area contributed by atoms with Crippen molar-refractivity contribution in [1.82, 2.24) is 16.0 Å². The Bertz CT molecular complexity index is 1130. The van der Waals surface area contributed by atoms with Crippen molar-refractivity contribution < 1.29 is 34.2 Å². The third kappa shape index (κ3) is 10.5. The maximum absolute atomic E-state index is 13.3. The van der Waals surface area contributed by atoms with E-state index in [1.807, 2.05) is 0 Å². The first kappa shape index (κ1) is 30.9. The molecule has 0 saturated carbocycles. The molecule has 5 atom stereocenters. The number of amides is 4. The van der Waals surface area contributed by atoms with E-state index in [4.69, 9.17) is 11.5 Å². The molecule has 0 aliphatic carbocycles. The highest BCUT2D eigenvalue weighted by Gasteiger charge is 2.31. The zero-order valence-electron chi connectivity index (χ0n) is 21.6. The summed E-state index contributed by atoms with van der Waals surface area (Å²) in [6.45, 7) is 1.33. The fourth-order valence-corrected chi connectivity index (χ4v) is 3.70. The number of nitrogens with two attached hydrogens (primary N) is 2. The van der Waals surface area contributed by atoms with Gasteiger partial charge in [-0.3, -0.25) is 19.2 Å². The average molecular weight is 542 g/mol. The highest BCUT2D eigenvalue weighted by atomic mass is 16.4. The Labute approximate surface area is 226 Å². The van der Waals surface area contributed by atoms with Gasteiger partial charge in [0, 0.05) is 19.3 Å². The SMILES string of the molecule is CC(O)C(N)C(=O)NC(Cc1ccccc1)C(=O)NC(CCC(N)=O)C(=O)NC(Cc1ccccc1)C(=O)O. The van der Waals surface area contributed by atoms with Crippen LogP contribution in [0.15, 0.2) is 60.7 Å². The van der Waals surface area contributed by atoms with Crippen molar-refractivity contribution in [2.24, 2.45) is 11.5 Å². The minimum absolute atomic E-state index is 0.0116. The summed E-state index contributed by atoms with van der Waals surface area (Å²) in [6, 6.07) is 12.3. The van der Waals surface area contributed by atoms with Crippen LogP contribution in [0, 0.1) is 0 Å². The number of rotatable bonds is 15. The number of aliphatic hydroxyl groups is 1. The number of carboxylic acids is 1. The molecular weight excluding hydrogens is 506 g/mol. The summed E-state index contributed by atoms with van der Waals surface area (Å²) in [5, 5.41) is 26.7. The number of nitrogens with one attached hydrogen (secondary N) is 3. The molecule has 0 saturated heterocycles. The second-order valence-corrected chi connectivity index (χ2v) is 9.17. The largest absolute Gasteiger partial charge is 0.480 e. The molecule has 0 radical (unpaired) electrons. The number of aliphatic hydroxyl groups excluding tert-OH is 1. The van der Waals surface area contributed by atoms with E-state index < -0.39 is 59.9 Å². The third-order valence-electron chi connectivity index (χ3n) is 5.95. The van der Waals surface area contributed by atoms with Crippen molar-refractivity contribution in [3.8, 4) is 0 Å². The first-order chi connectivity index (χ1) is 18.5. The van der Waals surface area contributed by atoms with Crippen LogP contribution in [0.5, 0.6) is 0 Å². The van der Waals surface area contributed by atoms with Crippen molar-refractivity contribution in [3.63, 3.8) is 0 Å². The Kier molecular flexibility index (Phi) is 12.1. The predicted octanol–water partition coefficient (Wildman–Crippen LogP) is -1.02. The van der Waals surface area contributed by atoms with Crippen LogP contribution in [0.4, 0.5) is 0 Å². The molecule has 0 fully saturated rings. The van der Waals surface area contributed by atoms with Crippen molar-refractivity contribution in [2.75, 3.05) is 0 Å². The van der Waals surface area contributed by atoms with E-state index in [2.05, 4.69) is 16.0 Å². The summed E-state index contributed by atoms with van der Waals surface area (Å²) in [6.07, 6.45) is -1.64. The molecule has 0 aliphatic rings. The smallest absolute Gasteiger partial charge is 0.326 e. The van der Waals surface area contributed by atoms with Crippen LogP contribution in [0.3, 0.4) is 0 Å². The van der Waals surface area contributed by atoms with Crippen molar-refractivity contribution in [1.29, 1.82) is 0 Å². The minimum atomic E-state index is -1.33. The molecule has 0 aliphatic heterocycles. The fraction of sp³-hybridized carbons (Fsp3) is 0.370. The van der Waals surface area contributed by atoms with E-state index in [0.717, 1.165) is 0 Å². The van der Waals surface area contributed by atoms with Crippen LogP contribution in [0.1, 0.15) is 30.9 Å². The van der Waals surface area contributed by atoms with Gasteiger partial charge in [-0.2, -0.15) is 0 Å². The topological polar surface area (TPSA) is 214 Å². The van der Waals surface area contributed by atoms with E-state index in [1.165, 1.54) is 6.92 Å². The van der Waals surface area contributed by atoms with E-state index in [0.29, 0.717) is 11.1 Å². The third-order valence-corrected chi connectivity index (χ3v) is 5.95. The monoisotopic (exact) mass is 541 g/mol. The van der Waals surface area contributed by atoms with Gasteiger partial charge in [-0.15, -0.1) is 0 Å². The van der Waals surface area contributed by atoms with E-state index in [1.54, 1.807) is 60.7 Å². The van der Waals surface area contributed by atoms with Crippen LogP contribution in [0.25, 0.3) is 0 Å². The van der Waals surface area contributed by atoms with E-state index in [-0.39, 0.29) is 25.7 Å². The predicted molar refractivity (Wildman–Crippen MR) is 142 cm³/mol. The van der Waals surface area contributed by atoms with Crippen LogP contribution in [-0.2, 0) is 36.8 Å². The van der Waals surface area contributed by atoms with Crippen molar-refractivity contribution >= 4 is 29.6 Å². The minimum Gasteiger partial charge on any atom is -0.480 e. The Hall–Kier alpha value is -4.29. The summed E-state index contributed by atoms with van der Waals surface area (Å²) in [7, 11) is 0. The number of aliphatic carboxylic acids is 1. The first-order valence-corrected chi connectivity index (χ1v) is 12.4. The molecule has 0 bridgehead atoms. The van der Waals surface area contributed by atoms with Gasteiger partial charge >= 0.3 is 5.97 Å². The molecule has 12 nitrogen and oxygen atoms in total. The molecule has 39 heavy (non-hydrogen) atoms. The van der Waals surface area contributed by atoms with Gasteiger partial charge in [0.05, 0.1) is 6.10 Å². The maximum Gasteiger partial charge on any atom is 0.326 e. The van der Waals surface area contributed by atoms with Gasteiger partial charge in [-0.1, -0.05) is 60.7 Å². The number of carbonyl (C=O) groups is 5. The zero-order chi connectivity index (χ0) is 28.9. The quantitative estimate of drug-likeness (QED) is 0.148. The number of carbonyl (C=O) groups excluding carboxylic acids is 4. The Morgan fingerprint density at radius 1 is 0.744 bits per heavy atom. The number of carboxylic acid groups (broad SMARTS) is 1. The number of primary amides is 1. The normalized spacial score (nSPS) is 14.6. The lowest BCUT2D eigenvalue weighted by Crippen LogP contribution is -2.58. The van der Waals surface area contributed by atoms with Gasteiger partial charge in [0.2, 0.25) is 23.6 Å². The molecule has 0 spiro atoms. The lowest BCUT2D eigenvalue weighted by atomic mass is 10.0.